The summed E-state index contributed by atoms with van der Waals surface area (Å²) in [5, 5.41) is 52.5. The second kappa shape index (κ2) is 11.3. The van der Waals surface area contributed by atoms with Gasteiger partial charge in [-0.3, -0.25) is 0 Å². The summed E-state index contributed by atoms with van der Waals surface area (Å²) in [6, 6.07) is 9.17. The molecule has 3 heterocycles. The second-order valence-corrected chi connectivity index (χ2v) is 8.86. The van der Waals surface area contributed by atoms with Crippen LogP contribution >= 0.6 is 15.9 Å². The lowest BCUT2D eigenvalue weighted by molar-refractivity contribution is -0.385. The van der Waals surface area contributed by atoms with E-state index < -0.39 is 74.3 Å². The molecule has 3 fully saturated rings. The van der Waals surface area contributed by atoms with Crippen LogP contribution < -0.4 is 0 Å². The van der Waals surface area contributed by atoms with Crippen molar-refractivity contribution in [2.75, 3.05) is 25.2 Å². The third-order valence-corrected chi connectivity index (χ3v) is 6.20. The summed E-state index contributed by atoms with van der Waals surface area (Å²) in [4.78, 5) is 0. The summed E-state index contributed by atoms with van der Waals surface area (Å²) in [5.41, 5.74) is 0.759. The largest absolute Gasteiger partial charge is 0.394 e. The normalized spacial score (nSPS) is 43.8. The van der Waals surface area contributed by atoms with Crippen LogP contribution in [-0.2, 0) is 28.4 Å². The molecule has 3 saturated heterocycles. The van der Waals surface area contributed by atoms with Gasteiger partial charge in [0, 0.05) is 10.9 Å². The fraction of sp³-hybridized carbons (Fsp3) is 0.714. The minimum Gasteiger partial charge on any atom is -0.394 e. The third-order valence-electron chi connectivity index (χ3n) is 5.88. The van der Waals surface area contributed by atoms with E-state index in [1.165, 1.54) is 0 Å². The molecular formula is C21H29BrO11. The molecule has 1 unspecified atom stereocenters. The Balaban J connectivity index is 1.41. The zero-order chi connectivity index (χ0) is 23.5. The first-order valence-electron chi connectivity index (χ1n) is 10.7. The molecule has 186 valence electrons. The van der Waals surface area contributed by atoms with E-state index in [1.54, 1.807) is 0 Å². The predicted molar refractivity (Wildman–Crippen MR) is 113 cm³/mol. The SMILES string of the molecule is OC[C@H]1O[C@@H](OCCBr)[C@H](O)[C@@H](O)[C@@H]1O[C@@H]1O[C@@H]2COC(c3ccccc3)O[C@@H]2[C@H](O)[C@H]1O. The number of aliphatic hydroxyl groups is 5. The molecule has 11 nitrogen and oxygen atoms in total. The van der Waals surface area contributed by atoms with Crippen molar-refractivity contribution < 1.29 is 54.0 Å². The van der Waals surface area contributed by atoms with Crippen molar-refractivity contribution in [1.82, 2.24) is 0 Å². The number of rotatable bonds is 7. The molecule has 0 aromatic heterocycles. The third kappa shape index (κ3) is 5.42. The average molecular weight is 537 g/mol. The Morgan fingerprint density at radius 3 is 2.33 bits per heavy atom. The Kier molecular flexibility index (Phi) is 8.71. The van der Waals surface area contributed by atoms with E-state index in [0.29, 0.717) is 5.33 Å². The summed E-state index contributed by atoms with van der Waals surface area (Å²) in [7, 11) is 0. The second-order valence-electron chi connectivity index (χ2n) is 8.07. The zero-order valence-corrected chi connectivity index (χ0v) is 19.2. The summed E-state index contributed by atoms with van der Waals surface area (Å²) in [6.45, 7) is -0.279. The molecule has 3 aliphatic heterocycles. The molecule has 5 N–H and O–H groups in total. The van der Waals surface area contributed by atoms with Crippen LogP contribution in [0.5, 0.6) is 0 Å². The topological polar surface area (TPSA) is 157 Å². The van der Waals surface area contributed by atoms with Crippen molar-refractivity contribution in [1.29, 1.82) is 0 Å². The van der Waals surface area contributed by atoms with Crippen LogP contribution in [0.2, 0.25) is 0 Å². The number of aliphatic hydroxyl groups excluding tert-OH is 5. The molecule has 11 atom stereocenters. The molecule has 33 heavy (non-hydrogen) atoms. The van der Waals surface area contributed by atoms with Crippen LogP contribution in [0.1, 0.15) is 11.9 Å². The van der Waals surface area contributed by atoms with Crippen LogP contribution in [0.3, 0.4) is 0 Å². The van der Waals surface area contributed by atoms with Gasteiger partial charge in [-0.05, 0) is 0 Å². The maximum atomic E-state index is 10.7. The van der Waals surface area contributed by atoms with Crippen molar-refractivity contribution in [3.63, 3.8) is 0 Å². The van der Waals surface area contributed by atoms with Crippen LogP contribution in [0, 0.1) is 0 Å². The number of hydrogen-bond acceptors (Lipinski definition) is 11. The molecule has 0 saturated carbocycles. The van der Waals surface area contributed by atoms with Gasteiger partial charge in [0.15, 0.2) is 18.9 Å². The van der Waals surface area contributed by atoms with E-state index in [-0.39, 0.29) is 13.2 Å². The van der Waals surface area contributed by atoms with Gasteiger partial charge in [-0.15, -0.1) is 0 Å². The first-order chi connectivity index (χ1) is 15.9. The predicted octanol–water partition coefficient (Wildman–Crippen LogP) is -1.22. The van der Waals surface area contributed by atoms with Crippen molar-refractivity contribution in [3.05, 3.63) is 35.9 Å². The van der Waals surface area contributed by atoms with Crippen LogP contribution in [0.4, 0.5) is 0 Å². The van der Waals surface area contributed by atoms with Gasteiger partial charge in [0.05, 0.1) is 19.8 Å². The molecule has 0 spiro atoms. The molecule has 4 rings (SSSR count). The lowest BCUT2D eigenvalue weighted by Gasteiger charge is -2.48. The summed E-state index contributed by atoms with van der Waals surface area (Å²) < 4.78 is 33.9. The maximum absolute atomic E-state index is 10.7. The van der Waals surface area contributed by atoms with Crippen LogP contribution in [0.15, 0.2) is 30.3 Å². The van der Waals surface area contributed by atoms with Crippen LogP contribution in [-0.4, -0.2) is 112 Å². The highest BCUT2D eigenvalue weighted by atomic mass is 79.9. The fourth-order valence-corrected chi connectivity index (χ4v) is 4.33. The molecule has 0 radical (unpaired) electrons. The van der Waals surface area contributed by atoms with Gasteiger partial charge in [-0.2, -0.15) is 0 Å². The number of benzene rings is 1. The fourth-order valence-electron chi connectivity index (χ4n) is 4.14. The molecule has 1 aromatic rings. The Hall–Kier alpha value is -0.740. The van der Waals surface area contributed by atoms with E-state index in [9.17, 15) is 25.5 Å². The molecule has 0 aliphatic carbocycles. The average Bonchev–Trinajstić information content (AvgIpc) is 2.85. The monoisotopic (exact) mass is 536 g/mol. The van der Waals surface area contributed by atoms with E-state index in [1.807, 2.05) is 30.3 Å². The maximum Gasteiger partial charge on any atom is 0.187 e. The molecule has 0 amide bonds. The molecular weight excluding hydrogens is 508 g/mol. The highest BCUT2D eigenvalue weighted by molar-refractivity contribution is 9.09. The van der Waals surface area contributed by atoms with Gasteiger partial charge < -0.3 is 54.0 Å². The van der Waals surface area contributed by atoms with Gasteiger partial charge in [0.1, 0.15) is 48.8 Å². The molecule has 3 aliphatic rings. The highest BCUT2D eigenvalue weighted by Gasteiger charge is 2.53. The van der Waals surface area contributed by atoms with Crippen molar-refractivity contribution in [3.8, 4) is 0 Å². The summed E-state index contributed by atoms with van der Waals surface area (Å²) >= 11 is 3.19. The van der Waals surface area contributed by atoms with E-state index in [4.69, 9.17) is 28.4 Å². The van der Waals surface area contributed by atoms with Gasteiger partial charge in [-0.1, -0.05) is 46.3 Å². The molecule has 0 bridgehead atoms. The minimum atomic E-state index is -1.54. The van der Waals surface area contributed by atoms with Crippen molar-refractivity contribution in [2.45, 2.75) is 67.7 Å². The lowest BCUT2D eigenvalue weighted by Crippen LogP contribution is -2.66. The lowest BCUT2D eigenvalue weighted by atomic mass is 9.96. The van der Waals surface area contributed by atoms with E-state index in [0.717, 1.165) is 5.56 Å². The Labute approximate surface area is 198 Å². The quantitative estimate of drug-likeness (QED) is 0.266. The van der Waals surface area contributed by atoms with Crippen molar-refractivity contribution in [2.24, 2.45) is 0 Å². The number of fused-ring (bicyclic) bond motifs is 1. The zero-order valence-electron chi connectivity index (χ0n) is 17.6. The minimum absolute atomic E-state index is 0.0616. The Bertz CT molecular complexity index is 738. The highest BCUT2D eigenvalue weighted by Crippen LogP contribution is 2.35. The van der Waals surface area contributed by atoms with Gasteiger partial charge in [-0.25, -0.2) is 0 Å². The first kappa shape index (κ1) is 25.4. The number of alkyl halides is 1. The molecule has 1 aromatic carbocycles. The van der Waals surface area contributed by atoms with Gasteiger partial charge >= 0.3 is 0 Å². The standard InChI is InChI=1S/C21H29BrO11/c22-6-7-28-20-15(26)13(24)17(11(8-23)30-20)33-21-16(27)14(25)18-12(31-21)9-29-19(32-18)10-4-2-1-3-5-10/h1-5,11-21,23-27H,6-9H2/t11-,12-,13-,14-,15-,16-,17-,18+,19?,20-,21+/m1/s1. The summed E-state index contributed by atoms with van der Waals surface area (Å²) in [5.74, 6) is 0. The Morgan fingerprint density at radius 2 is 1.64 bits per heavy atom. The number of hydrogen-bond donors (Lipinski definition) is 5. The first-order valence-corrected chi connectivity index (χ1v) is 11.9. The smallest absolute Gasteiger partial charge is 0.187 e. The van der Waals surface area contributed by atoms with Gasteiger partial charge in [0.25, 0.3) is 0 Å². The number of ether oxygens (including phenoxy) is 6. The van der Waals surface area contributed by atoms with Gasteiger partial charge in [0.2, 0.25) is 0 Å². The number of halogens is 1. The van der Waals surface area contributed by atoms with Crippen LogP contribution in [0.25, 0.3) is 0 Å². The summed E-state index contributed by atoms with van der Waals surface area (Å²) in [6.07, 6.45) is -13.2. The van der Waals surface area contributed by atoms with E-state index >= 15 is 0 Å². The molecule has 12 heteroatoms. The van der Waals surface area contributed by atoms with E-state index in [2.05, 4.69) is 15.9 Å². The van der Waals surface area contributed by atoms with Crippen molar-refractivity contribution >= 4 is 15.9 Å². The Morgan fingerprint density at radius 1 is 0.909 bits per heavy atom.